The number of anilines is 1. The van der Waals surface area contributed by atoms with Gasteiger partial charge in [-0.25, -0.2) is 4.98 Å². The second-order valence-electron chi connectivity index (χ2n) is 5.35. The number of carbonyl (C=O) groups is 1. The van der Waals surface area contributed by atoms with Crippen LogP contribution in [0.5, 0.6) is 0 Å². The Labute approximate surface area is 132 Å². The van der Waals surface area contributed by atoms with Crippen LogP contribution in [0, 0.1) is 0 Å². The van der Waals surface area contributed by atoms with Crippen molar-refractivity contribution in [3.63, 3.8) is 0 Å². The molecule has 0 aromatic carbocycles. The lowest BCUT2D eigenvalue weighted by Gasteiger charge is -2.16. The molecule has 1 aliphatic rings. The number of aliphatic hydroxyl groups is 1. The minimum Gasteiger partial charge on any atom is -0.511 e. The van der Waals surface area contributed by atoms with Crippen LogP contribution in [-0.4, -0.2) is 25.4 Å². The number of aryl methyl sites for hydroxylation is 1. The first-order chi connectivity index (χ1) is 11.2. The number of aliphatic hydroxyl groups excluding tert-OH is 1. The van der Waals surface area contributed by atoms with Gasteiger partial charge in [0.05, 0.1) is 17.6 Å². The van der Waals surface area contributed by atoms with Crippen LogP contribution in [0.3, 0.4) is 0 Å². The molecule has 1 aliphatic carbocycles. The fourth-order valence-electron chi connectivity index (χ4n) is 2.85. The van der Waals surface area contributed by atoms with E-state index >= 15 is 0 Å². The van der Waals surface area contributed by atoms with Crippen molar-refractivity contribution in [2.24, 2.45) is 0 Å². The lowest BCUT2D eigenvalue weighted by atomic mass is 9.97. The number of nitrogens with zero attached hydrogens (tertiary/aromatic N) is 3. The normalized spacial score (nSPS) is 13.9. The van der Waals surface area contributed by atoms with Gasteiger partial charge in [0.15, 0.2) is 0 Å². The zero-order valence-electron chi connectivity index (χ0n) is 12.2. The summed E-state index contributed by atoms with van der Waals surface area (Å²) in [5.41, 5.74) is 3.06. The SMILES string of the molecule is O=C(Nc1cccnc1)C1=C(O)CCc2c1nc1ccccn21. The highest BCUT2D eigenvalue weighted by Crippen LogP contribution is 2.31. The maximum Gasteiger partial charge on any atom is 0.261 e. The molecule has 0 bridgehead atoms. The maximum absolute atomic E-state index is 12.6. The molecule has 0 aliphatic heterocycles. The van der Waals surface area contributed by atoms with Crippen LogP contribution in [-0.2, 0) is 11.2 Å². The molecule has 0 unspecified atom stereocenters. The number of imidazole rings is 1. The molecule has 3 aromatic rings. The Kier molecular flexibility index (Phi) is 3.08. The maximum atomic E-state index is 12.6. The smallest absolute Gasteiger partial charge is 0.261 e. The van der Waals surface area contributed by atoms with Crippen molar-refractivity contribution in [1.82, 2.24) is 14.4 Å². The van der Waals surface area contributed by atoms with Crippen LogP contribution in [0.2, 0.25) is 0 Å². The highest BCUT2D eigenvalue weighted by Gasteiger charge is 2.28. The monoisotopic (exact) mass is 306 g/mol. The van der Waals surface area contributed by atoms with Gasteiger partial charge in [-0.1, -0.05) is 6.07 Å². The van der Waals surface area contributed by atoms with Crippen molar-refractivity contribution in [1.29, 1.82) is 0 Å². The molecule has 1 amide bonds. The number of aromatic nitrogens is 3. The number of rotatable bonds is 2. The van der Waals surface area contributed by atoms with E-state index in [2.05, 4.69) is 15.3 Å². The highest BCUT2D eigenvalue weighted by atomic mass is 16.3. The molecule has 6 nitrogen and oxygen atoms in total. The lowest BCUT2D eigenvalue weighted by Crippen LogP contribution is -2.19. The van der Waals surface area contributed by atoms with Gasteiger partial charge >= 0.3 is 0 Å². The Hall–Kier alpha value is -3.15. The average Bonchev–Trinajstić information content (AvgIpc) is 2.93. The molecular formula is C17H14N4O2. The van der Waals surface area contributed by atoms with Crippen LogP contribution in [0.15, 0.2) is 54.7 Å². The molecular weight excluding hydrogens is 292 g/mol. The van der Waals surface area contributed by atoms with Crippen LogP contribution in [0.25, 0.3) is 11.2 Å². The second-order valence-corrected chi connectivity index (χ2v) is 5.35. The molecule has 0 fully saturated rings. The Morgan fingerprint density at radius 2 is 2.13 bits per heavy atom. The molecule has 3 aromatic heterocycles. The van der Waals surface area contributed by atoms with Crippen molar-refractivity contribution in [3.05, 3.63) is 66.1 Å². The molecule has 0 saturated carbocycles. The van der Waals surface area contributed by atoms with Gasteiger partial charge < -0.3 is 14.8 Å². The van der Waals surface area contributed by atoms with Crippen LogP contribution in [0.4, 0.5) is 5.69 Å². The van der Waals surface area contributed by atoms with Crippen molar-refractivity contribution in [3.8, 4) is 0 Å². The minimum atomic E-state index is -0.375. The van der Waals surface area contributed by atoms with Crippen LogP contribution >= 0.6 is 0 Å². The predicted octanol–water partition coefficient (Wildman–Crippen LogP) is 2.58. The Bertz CT molecular complexity index is 928. The van der Waals surface area contributed by atoms with Crippen molar-refractivity contribution in [2.75, 3.05) is 5.32 Å². The van der Waals surface area contributed by atoms with Gasteiger partial charge in [-0.3, -0.25) is 9.78 Å². The van der Waals surface area contributed by atoms with Crippen molar-refractivity contribution >= 4 is 22.8 Å². The average molecular weight is 306 g/mol. The minimum absolute atomic E-state index is 0.0716. The number of allylic oxidation sites excluding steroid dienone is 1. The zero-order chi connectivity index (χ0) is 15.8. The van der Waals surface area contributed by atoms with E-state index in [1.807, 2.05) is 28.8 Å². The first kappa shape index (κ1) is 13.5. The molecule has 114 valence electrons. The van der Waals surface area contributed by atoms with E-state index in [0.717, 1.165) is 11.3 Å². The molecule has 0 radical (unpaired) electrons. The standard InChI is InChI=1S/C17H14N4O2/c22-13-7-6-12-16(20-14-5-1-2-9-21(12)14)15(13)17(23)19-11-4-3-8-18-10-11/h1-5,8-10,22H,6-7H2,(H,19,23). The number of amides is 1. The molecule has 6 heteroatoms. The first-order valence-corrected chi connectivity index (χ1v) is 7.34. The van der Waals surface area contributed by atoms with E-state index in [0.29, 0.717) is 24.2 Å². The van der Waals surface area contributed by atoms with Crippen LogP contribution in [0.1, 0.15) is 17.8 Å². The van der Waals surface area contributed by atoms with Gasteiger partial charge in [-0.2, -0.15) is 0 Å². The van der Waals surface area contributed by atoms with Gasteiger partial charge in [0.25, 0.3) is 5.91 Å². The predicted molar refractivity (Wildman–Crippen MR) is 85.9 cm³/mol. The molecule has 0 atom stereocenters. The highest BCUT2D eigenvalue weighted by molar-refractivity contribution is 6.25. The summed E-state index contributed by atoms with van der Waals surface area (Å²) in [5.74, 6) is -0.304. The Morgan fingerprint density at radius 1 is 1.22 bits per heavy atom. The van der Waals surface area contributed by atoms with Gasteiger partial charge in [0.2, 0.25) is 0 Å². The fraction of sp³-hybridized carbons (Fsp3) is 0.118. The lowest BCUT2D eigenvalue weighted by molar-refractivity contribution is -0.111. The summed E-state index contributed by atoms with van der Waals surface area (Å²) in [5, 5.41) is 13.0. The molecule has 0 saturated heterocycles. The Morgan fingerprint density at radius 3 is 2.96 bits per heavy atom. The number of hydrogen-bond donors (Lipinski definition) is 2. The van der Waals surface area contributed by atoms with E-state index in [-0.39, 0.29) is 17.2 Å². The molecule has 23 heavy (non-hydrogen) atoms. The van der Waals surface area contributed by atoms with E-state index in [1.165, 1.54) is 0 Å². The third kappa shape index (κ3) is 2.24. The number of pyridine rings is 2. The number of nitrogens with one attached hydrogen (secondary N) is 1. The number of carbonyl (C=O) groups excluding carboxylic acids is 1. The summed E-state index contributed by atoms with van der Waals surface area (Å²) in [4.78, 5) is 21.1. The summed E-state index contributed by atoms with van der Waals surface area (Å²) >= 11 is 0. The number of fused-ring (bicyclic) bond motifs is 3. The largest absolute Gasteiger partial charge is 0.511 e. The summed E-state index contributed by atoms with van der Waals surface area (Å²) < 4.78 is 1.96. The van der Waals surface area contributed by atoms with Gasteiger partial charge in [-0.05, 0) is 30.7 Å². The van der Waals surface area contributed by atoms with Crippen LogP contribution < -0.4 is 5.32 Å². The summed E-state index contributed by atoms with van der Waals surface area (Å²) in [7, 11) is 0. The summed E-state index contributed by atoms with van der Waals surface area (Å²) in [6.07, 6.45) is 6.18. The molecule has 3 heterocycles. The quantitative estimate of drug-likeness (QED) is 0.762. The second kappa shape index (κ2) is 5.24. The van der Waals surface area contributed by atoms with Gasteiger partial charge in [0.1, 0.15) is 22.7 Å². The van der Waals surface area contributed by atoms with Crippen molar-refractivity contribution < 1.29 is 9.90 Å². The topological polar surface area (TPSA) is 79.5 Å². The zero-order valence-corrected chi connectivity index (χ0v) is 12.2. The molecule has 2 N–H and O–H groups in total. The summed E-state index contributed by atoms with van der Waals surface area (Å²) in [6.45, 7) is 0. The first-order valence-electron chi connectivity index (χ1n) is 7.34. The van der Waals surface area contributed by atoms with E-state index in [4.69, 9.17) is 0 Å². The Balaban J connectivity index is 1.78. The van der Waals surface area contributed by atoms with E-state index < -0.39 is 0 Å². The summed E-state index contributed by atoms with van der Waals surface area (Å²) in [6, 6.07) is 9.18. The fourth-order valence-corrected chi connectivity index (χ4v) is 2.85. The molecule has 0 spiro atoms. The van der Waals surface area contributed by atoms with Crippen molar-refractivity contribution in [2.45, 2.75) is 12.8 Å². The van der Waals surface area contributed by atoms with Gasteiger partial charge in [-0.15, -0.1) is 0 Å². The third-order valence-corrected chi connectivity index (χ3v) is 3.90. The third-order valence-electron chi connectivity index (χ3n) is 3.90. The van der Waals surface area contributed by atoms with E-state index in [9.17, 15) is 9.90 Å². The number of hydrogen-bond acceptors (Lipinski definition) is 4. The van der Waals surface area contributed by atoms with E-state index in [1.54, 1.807) is 24.5 Å². The van der Waals surface area contributed by atoms with Gasteiger partial charge in [0, 0.05) is 18.8 Å². The molecule has 4 rings (SSSR count).